The fourth-order valence-corrected chi connectivity index (χ4v) is 4.54. The van der Waals surface area contributed by atoms with Crippen LogP contribution < -0.4 is 0 Å². The highest BCUT2D eigenvalue weighted by molar-refractivity contribution is 5.94. The second kappa shape index (κ2) is 7.81. The molecule has 150 valence electrons. The molecule has 5 rings (SSSR count). The van der Waals surface area contributed by atoms with Gasteiger partial charge in [0, 0.05) is 49.9 Å². The Bertz CT molecular complexity index is 975. The highest BCUT2D eigenvalue weighted by Crippen LogP contribution is 2.28. The summed E-state index contributed by atoms with van der Waals surface area (Å²) in [6, 6.07) is 9.57. The molecule has 29 heavy (non-hydrogen) atoms. The Balaban J connectivity index is 1.32. The summed E-state index contributed by atoms with van der Waals surface area (Å²) in [5.41, 5.74) is 1.68. The lowest BCUT2D eigenvalue weighted by Crippen LogP contribution is -2.39. The fourth-order valence-electron chi connectivity index (χ4n) is 4.54. The molecule has 1 aromatic carbocycles. The normalized spacial score (nSPS) is 19.6. The number of aromatic nitrogens is 5. The maximum Gasteiger partial charge on any atom is 0.253 e. The number of benzene rings is 1. The van der Waals surface area contributed by atoms with Gasteiger partial charge in [-0.15, -0.1) is 10.2 Å². The number of aryl methyl sites for hydroxylation is 1. The van der Waals surface area contributed by atoms with Crippen LogP contribution in [0.25, 0.3) is 5.69 Å². The number of carbonyl (C=O) groups excluding carboxylic acids is 1. The molecule has 0 saturated carbocycles. The number of likely N-dealkylation sites (tertiary alicyclic amines) is 1. The van der Waals surface area contributed by atoms with Crippen LogP contribution in [-0.4, -0.2) is 48.4 Å². The molecular weight excluding hydrogens is 364 g/mol. The van der Waals surface area contributed by atoms with Crippen LogP contribution in [0.1, 0.15) is 60.0 Å². The van der Waals surface area contributed by atoms with Crippen molar-refractivity contribution in [1.29, 1.82) is 0 Å². The van der Waals surface area contributed by atoms with Crippen molar-refractivity contribution in [3.63, 3.8) is 0 Å². The molecule has 0 N–H and O–H groups in total. The average molecular weight is 390 g/mol. The third-order valence-electron chi connectivity index (χ3n) is 6.10. The maximum absolute atomic E-state index is 13.1. The van der Waals surface area contributed by atoms with E-state index in [2.05, 4.69) is 19.9 Å². The first-order valence-corrected chi connectivity index (χ1v) is 10.6. The summed E-state index contributed by atoms with van der Waals surface area (Å²) < 4.78 is 4.12. The molecule has 1 fully saturated rings. The van der Waals surface area contributed by atoms with Crippen molar-refractivity contribution in [2.24, 2.45) is 0 Å². The van der Waals surface area contributed by atoms with Crippen molar-refractivity contribution in [1.82, 2.24) is 29.4 Å². The monoisotopic (exact) mass is 390 g/mol. The Hall–Kier alpha value is -2.96. The van der Waals surface area contributed by atoms with Crippen molar-refractivity contribution >= 4 is 5.91 Å². The van der Waals surface area contributed by atoms with Crippen LogP contribution in [0.5, 0.6) is 0 Å². The number of carbonyl (C=O) groups is 1. The molecule has 1 unspecified atom stereocenters. The molecule has 7 nitrogen and oxygen atoms in total. The molecule has 0 bridgehead atoms. The van der Waals surface area contributed by atoms with Crippen LogP contribution in [-0.2, 0) is 13.0 Å². The largest absolute Gasteiger partial charge is 0.338 e. The molecule has 0 spiro atoms. The van der Waals surface area contributed by atoms with E-state index in [4.69, 9.17) is 0 Å². The highest BCUT2D eigenvalue weighted by atomic mass is 16.2. The van der Waals surface area contributed by atoms with Crippen molar-refractivity contribution in [2.45, 2.75) is 51.0 Å². The van der Waals surface area contributed by atoms with E-state index in [9.17, 15) is 4.79 Å². The Morgan fingerprint density at radius 2 is 1.90 bits per heavy atom. The zero-order valence-corrected chi connectivity index (χ0v) is 16.6. The summed E-state index contributed by atoms with van der Waals surface area (Å²) in [6.07, 6.45) is 10.4. The van der Waals surface area contributed by atoms with Crippen molar-refractivity contribution < 1.29 is 4.79 Å². The predicted molar refractivity (Wildman–Crippen MR) is 109 cm³/mol. The standard InChI is InChI=1S/C22H26N6O/c29-22(17-8-10-19(11-9-17)28-15-5-12-23-28)26-13-4-6-18(16-26)21-25-24-20-7-2-1-3-14-27(20)21/h5,8-12,15,18H,1-4,6-7,13-14,16H2. The molecule has 1 saturated heterocycles. The van der Waals surface area contributed by atoms with E-state index in [-0.39, 0.29) is 11.8 Å². The van der Waals surface area contributed by atoms with Gasteiger partial charge in [-0.25, -0.2) is 4.68 Å². The quantitative estimate of drug-likeness (QED) is 0.689. The minimum Gasteiger partial charge on any atom is -0.338 e. The third-order valence-corrected chi connectivity index (χ3v) is 6.10. The topological polar surface area (TPSA) is 68.8 Å². The second-order valence-corrected chi connectivity index (χ2v) is 8.02. The molecule has 4 heterocycles. The first-order valence-electron chi connectivity index (χ1n) is 10.6. The van der Waals surface area contributed by atoms with Crippen LogP contribution in [0, 0.1) is 0 Å². The molecule has 7 heteroatoms. The van der Waals surface area contributed by atoms with Gasteiger partial charge in [-0.05, 0) is 56.0 Å². The number of nitrogens with zero attached hydrogens (tertiary/aromatic N) is 6. The van der Waals surface area contributed by atoms with Crippen LogP contribution in [0.15, 0.2) is 42.7 Å². The smallest absolute Gasteiger partial charge is 0.253 e. The molecule has 0 aliphatic carbocycles. The minimum atomic E-state index is 0.0947. The molecular formula is C22H26N6O. The zero-order chi connectivity index (χ0) is 19.6. The van der Waals surface area contributed by atoms with Crippen LogP contribution in [0.4, 0.5) is 0 Å². The minimum absolute atomic E-state index is 0.0947. The molecule has 1 atom stereocenters. The second-order valence-electron chi connectivity index (χ2n) is 8.02. The van der Waals surface area contributed by atoms with E-state index in [0.29, 0.717) is 0 Å². The Morgan fingerprint density at radius 3 is 2.72 bits per heavy atom. The first kappa shape index (κ1) is 18.1. The van der Waals surface area contributed by atoms with E-state index in [1.165, 1.54) is 19.3 Å². The van der Waals surface area contributed by atoms with Gasteiger partial charge in [0.15, 0.2) is 0 Å². The van der Waals surface area contributed by atoms with Gasteiger partial charge < -0.3 is 9.47 Å². The number of amides is 1. The number of rotatable bonds is 3. The van der Waals surface area contributed by atoms with Crippen LogP contribution in [0.3, 0.4) is 0 Å². The van der Waals surface area contributed by atoms with Gasteiger partial charge in [-0.3, -0.25) is 4.79 Å². The van der Waals surface area contributed by atoms with Gasteiger partial charge in [0.25, 0.3) is 5.91 Å². The fraction of sp³-hybridized carbons (Fsp3) is 0.455. The van der Waals surface area contributed by atoms with E-state index in [0.717, 1.165) is 61.8 Å². The summed E-state index contributed by atoms with van der Waals surface area (Å²) in [4.78, 5) is 15.1. The highest BCUT2D eigenvalue weighted by Gasteiger charge is 2.29. The summed E-state index contributed by atoms with van der Waals surface area (Å²) >= 11 is 0. The van der Waals surface area contributed by atoms with E-state index < -0.39 is 0 Å². The molecule has 1 amide bonds. The lowest BCUT2D eigenvalue weighted by molar-refractivity contribution is 0.0703. The maximum atomic E-state index is 13.1. The van der Waals surface area contributed by atoms with Crippen molar-refractivity contribution in [3.05, 3.63) is 59.9 Å². The predicted octanol–water partition coefficient (Wildman–Crippen LogP) is 3.21. The summed E-state index contributed by atoms with van der Waals surface area (Å²) in [5, 5.41) is 13.2. The zero-order valence-electron chi connectivity index (χ0n) is 16.6. The molecule has 0 radical (unpaired) electrons. The molecule has 2 aliphatic heterocycles. The van der Waals surface area contributed by atoms with E-state index >= 15 is 0 Å². The van der Waals surface area contributed by atoms with Crippen molar-refractivity contribution in [3.8, 4) is 5.69 Å². The van der Waals surface area contributed by atoms with Crippen LogP contribution in [0.2, 0.25) is 0 Å². The van der Waals surface area contributed by atoms with Gasteiger partial charge >= 0.3 is 0 Å². The van der Waals surface area contributed by atoms with Gasteiger partial charge in [0.05, 0.1) is 5.69 Å². The lowest BCUT2D eigenvalue weighted by Gasteiger charge is -2.32. The molecule has 2 aliphatic rings. The Kier molecular flexibility index (Phi) is 4.87. The third kappa shape index (κ3) is 3.57. The van der Waals surface area contributed by atoms with Gasteiger partial charge in [-0.1, -0.05) is 6.42 Å². The number of hydrogen-bond donors (Lipinski definition) is 0. The number of fused-ring (bicyclic) bond motifs is 1. The summed E-state index contributed by atoms with van der Waals surface area (Å²) in [5.74, 6) is 2.57. The van der Waals surface area contributed by atoms with Gasteiger partial charge in [0.2, 0.25) is 0 Å². The van der Waals surface area contributed by atoms with E-state index in [1.54, 1.807) is 10.9 Å². The average Bonchev–Trinajstić information content (AvgIpc) is 3.39. The molecule has 3 aromatic rings. The Labute approximate surface area is 170 Å². The van der Waals surface area contributed by atoms with Crippen LogP contribution >= 0.6 is 0 Å². The summed E-state index contributed by atoms with van der Waals surface area (Å²) in [7, 11) is 0. The summed E-state index contributed by atoms with van der Waals surface area (Å²) in [6.45, 7) is 2.53. The first-order chi connectivity index (χ1) is 14.3. The van der Waals surface area contributed by atoms with Gasteiger partial charge in [-0.2, -0.15) is 5.10 Å². The SMILES string of the molecule is O=C(c1ccc(-n2cccn2)cc1)N1CCCC(c2nnc3n2CCCCC3)C1. The molecule has 2 aromatic heterocycles. The van der Waals surface area contributed by atoms with E-state index in [1.807, 2.05) is 41.4 Å². The van der Waals surface area contributed by atoms with Gasteiger partial charge in [0.1, 0.15) is 11.6 Å². The Morgan fingerprint density at radius 1 is 1.00 bits per heavy atom. The lowest BCUT2D eigenvalue weighted by atomic mass is 9.96. The number of hydrogen-bond acceptors (Lipinski definition) is 4. The van der Waals surface area contributed by atoms with Crippen molar-refractivity contribution in [2.75, 3.05) is 13.1 Å². The number of piperidine rings is 1.